The Bertz CT molecular complexity index is 431. The van der Waals surface area contributed by atoms with Gasteiger partial charge in [-0.25, -0.2) is 9.29 Å². The molecule has 2 amide bonds. The molecule has 0 spiro atoms. The highest BCUT2D eigenvalue weighted by molar-refractivity contribution is 9.10. The van der Waals surface area contributed by atoms with Gasteiger partial charge in [-0.2, -0.15) is 0 Å². The fourth-order valence-corrected chi connectivity index (χ4v) is 1.84. The summed E-state index contributed by atoms with van der Waals surface area (Å²) in [6.07, 6.45) is 0.322. The highest BCUT2D eigenvalue weighted by atomic mass is 79.9. The number of hydrogen-bond acceptors (Lipinski definition) is 2. The van der Waals surface area contributed by atoms with Gasteiger partial charge in [0.1, 0.15) is 5.82 Å². The molecule has 15 heavy (non-hydrogen) atoms. The minimum absolute atomic E-state index is 0.0331. The lowest BCUT2D eigenvalue weighted by Crippen LogP contribution is -2.29. The van der Waals surface area contributed by atoms with Gasteiger partial charge in [0.05, 0.1) is 5.69 Å². The normalized spacial score (nSPS) is 16.3. The molecule has 0 aromatic heterocycles. The molecule has 0 saturated carbocycles. The van der Waals surface area contributed by atoms with E-state index in [9.17, 15) is 14.0 Å². The molecule has 1 aliphatic heterocycles. The predicted molar refractivity (Wildman–Crippen MR) is 55.8 cm³/mol. The van der Waals surface area contributed by atoms with Gasteiger partial charge in [-0.1, -0.05) is 15.9 Å². The van der Waals surface area contributed by atoms with E-state index in [1.807, 2.05) is 0 Å². The number of benzene rings is 1. The number of halogens is 2. The molecule has 5 heteroatoms. The second-order valence-corrected chi connectivity index (χ2v) is 4.13. The third-order valence-corrected chi connectivity index (χ3v) is 2.70. The number of carbonyl (C=O) groups excluding carboxylic acids is 2. The molecule has 1 fully saturated rings. The second-order valence-electron chi connectivity index (χ2n) is 3.22. The molecule has 2 rings (SSSR count). The van der Waals surface area contributed by atoms with Crippen molar-refractivity contribution in [1.82, 2.24) is 0 Å². The number of carbonyl (C=O) groups is 2. The van der Waals surface area contributed by atoms with Crippen LogP contribution in [0, 0.1) is 5.82 Å². The lowest BCUT2D eigenvalue weighted by Gasteiger charge is -2.14. The van der Waals surface area contributed by atoms with Crippen LogP contribution >= 0.6 is 15.9 Å². The topological polar surface area (TPSA) is 37.4 Å². The average molecular weight is 272 g/mol. The first-order chi connectivity index (χ1) is 7.09. The third kappa shape index (κ3) is 1.79. The molecule has 0 atom stereocenters. The van der Waals surface area contributed by atoms with Gasteiger partial charge < -0.3 is 0 Å². The summed E-state index contributed by atoms with van der Waals surface area (Å²) in [4.78, 5) is 23.6. The Morgan fingerprint density at radius 2 is 1.80 bits per heavy atom. The first-order valence-electron chi connectivity index (χ1n) is 4.40. The highest BCUT2D eigenvalue weighted by Gasteiger charge is 2.31. The van der Waals surface area contributed by atoms with E-state index in [0.717, 1.165) is 4.90 Å². The molecule has 1 aromatic rings. The summed E-state index contributed by atoms with van der Waals surface area (Å²) in [5, 5.41) is 0. The van der Waals surface area contributed by atoms with Crippen LogP contribution in [0.15, 0.2) is 22.7 Å². The summed E-state index contributed by atoms with van der Waals surface area (Å²) in [6.45, 7) is 0. The maximum atomic E-state index is 13.5. The number of amides is 2. The molecule has 0 unspecified atom stereocenters. The lowest BCUT2D eigenvalue weighted by atomic mass is 10.3. The predicted octanol–water partition coefficient (Wildman–Crippen LogP) is 2.24. The van der Waals surface area contributed by atoms with Crippen molar-refractivity contribution >= 4 is 33.4 Å². The lowest BCUT2D eigenvalue weighted by molar-refractivity contribution is -0.121. The fraction of sp³-hybridized carbons (Fsp3) is 0.200. The molecule has 0 bridgehead atoms. The summed E-state index contributed by atoms with van der Waals surface area (Å²) in [6, 6.07) is 4.24. The Hall–Kier alpha value is -1.23. The third-order valence-electron chi connectivity index (χ3n) is 2.20. The van der Waals surface area contributed by atoms with E-state index in [-0.39, 0.29) is 30.3 Å². The zero-order valence-corrected chi connectivity index (χ0v) is 9.25. The molecule has 0 radical (unpaired) electrons. The van der Waals surface area contributed by atoms with E-state index in [1.165, 1.54) is 12.1 Å². The minimum Gasteiger partial charge on any atom is -0.274 e. The maximum absolute atomic E-state index is 13.5. The Balaban J connectivity index is 2.45. The van der Waals surface area contributed by atoms with E-state index >= 15 is 0 Å². The molecule has 1 aromatic carbocycles. The van der Waals surface area contributed by atoms with Crippen LogP contribution in [0.3, 0.4) is 0 Å². The van der Waals surface area contributed by atoms with E-state index in [0.29, 0.717) is 4.47 Å². The Labute approximate surface area is 94.0 Å². The van der Waals surface area contributed by atoms with Crippen LogP contribution in [0.2, 0.25) is 0 Å². The molecule has 1 heterocycles. The van der Waals surface area contributed by atoms with E-state index < -0.39 is 5.82 Å². The molecule has 1 saturated heterocycles. The van der Waals surface area contributed by atoms with Crippen LogP contribution in [0.4, 0.5) is 10.1 Å². The molecular weight excluding hydrogens is 265 g/mol. The van der Waals surface area contributed by atoms with E-state index in [4.69, 9.17) is 0 Å². The first-order valence-corrected chi connectivity index (χ1v) is 5.20. The zero-order valence-electron chi connectivity index (χ0n) is 7.67. The van der Waals surface area contributed by atoms with Crippen molar-refractivity contribution in [2.24, 2.45) is 0 Å². The van der Waals surface area contributed by atoms with Gasteiger partial charge in [0.15, 0.2) is 0 Å². The standard InChI is InChI=1S/C10H7BrFNO2/c11-6-1-2-8(7(12)5-6)13-9(14)3-4-10(13)15/h1-2,5H,3-4H2. The highest BCUT2D eigenvalue weighted by Crippen LogP contribution is 2.27. The van der Waals surface area contributed by atoms with Crippen LogP contribution in [-0.4, -0.2) is 11.8 Å². The van der Waals surface area contributed by atoms with Crippen molar-refractivity contribution in [2.75, 3.05) is 4.90 Å². The SMILES string of the molecule is O=C1CCC(=O)N1c1ccc(Br)cc1F. The van der Waals surface area contributed by atoms with Gasteiger partial charge in [0.25, 0.3) is 0 Å². The van der Waals surface area contributed by atoms with Crippen LogP contribution in [-0.2, 0) is 9.59 Å². The van der Waals surface area contributed by atoms with Crippen LogP contribution in [0.25, 0.3) is 0 Å². The van der Waals surface area contributed by atoms with Crippen molar-refractivity contribution in [3.63, 3.8) is 0 Å². The van der Waals surface area contributed by atoms with Crippen molar-refractivity contribution in [2.45, 2.75) is 12.8 Å². The number of nitrogens with zero attached hydrogens (tertiary/aromatic N) is 1. The number of anilines is 1. The maximum Gasteiger partial charge on any atom is 0.234 e. The van der Waals surface area contributed by atoms with Gasteiger partial charge in [0.2, 0.25) is 11.8 Å². The zero-order chi connectivity index (χ0) is 11.0. The molecule has 78 valence electrons. The first kappa shape index (κ1) is 10.3. The smallest absolute Gasteiger partial charge is 0.234 e. The number of rotatable bonds is 1. The summed E-state index contributed by atoms with van der Waals surface area (Å²) >= 11 is 3.11. The van der Waals surface area contributed by atoms with Crippen molar-refractivity contribution in [3.05, 3.63) is 28.5 Å². The average Bonchev–Trinajstić information content (AvgIpc) is 2.48. The number of imide groups is 1. The molecule has 0 N–H and O–H groups in total. The van der Waals surface area contributed by atoms with Crippen LogP contribution < -0.4 is 4.90 Å². The Kier molecular flexibility index (Phi) is 2.56. The molecular formula is C10H7BrFNO2. The summed E-state index contributed by atoms with van der Waals surface area (Å²) in [5.41, 5.74) is 0.0331. The molecule has 3 nitrogen and oxygen atoms in total. The van der Waals surface area contributed by atoms with Gasteiger partial charge >= 0.3 is 0 Å². The minimum atomic E-state index is -0.576. The van der Waals surface area contributed by atoms with Crippen molar-refractivity contribution in [3.8, 4) is 0 Å². The van der Waals surface area contributed by atoms with E-state index in [1.54, 1.807) is 6.07 Å². The molecule has 1 aliphatic rings. The van der Waals surface area contributed by atoms with Crippen molar-refractivity contribution < 1.29 is 14.0 Å². The summed E-state index contributed by atoms with van der Waals surface area (Å²) in [5.74, 6) is -1.27. The number of hydrogen-bond donors (Lipinski definition) is 0. The second kappa shape index (κ2) is 3.73. The van der Waals surface area contributed by atoms with Crippen molar-refractivity contribution in [1.29, 1.82) is 0 Å². The molecule has 0 aliphatic carbocycles. The summed E-state index contributed by atoms with van der Waals surface area (Å²) in [7, 11) is 0. The Morgan fingerprint density at radius 1 is 1.20 bits per heavy atom. The largest absolute Gasteiger partial charge is 0.274 e. The fourth-order valence-electron chi connectivity index (χ4n) is 1.51. The summed E-state index contributed by atoms with van der Waals surface area (Å²) < 4.78 is 14.0. The van der Waals surface area contributed by atoms with Gasteiger partial charge in [-0.05, 0) is 18.2 Å². The monoisotopic (exact) mass is 271 g/mol. The van der Waals surface area contributed by atoms with Gasteiger partial charge in [0, 0.05) is 17.3 Å². The quantitative estimate of drug-likeness (QED) is 0.735. The van der Waals surface area contributed by atoms with Crippen LogP contribution in [0.5, 0.6) is 0 Å². The van der Waals surface area contributed by atoms with Gasteiger partial charge in [-0.3, -0.25) is 9.59 Å². The van der Waals surface area contributed by atoms with Gasteiger partial charge in [-0.15, -0.1) is 0 Å². The van der Waals surface area contributed by atoms with E-state index in [2.05, 4.69) is 15.9 Å². The Morgan fingerprint density at radius 3 is 2.33 bits per heavy atom. The van der Waals surface area contributed by atoms with Crippen LogP contribution in [0.1, 0.15) is 12.8 Å².